The van der Waals surface area contributed by atoms with E-state index in [0.29, 0.717) is 19.6 Å². The summed E-state index contributed by atoms with van der Waals surface area (Å²) in [4.78, 5) is 12.4. The van der Waals surface area contributed by atoms with Gasteiger partial charge in [-0.15, -0.1) is 0 Å². The Morgan fingerprint density at radius 2 is 1.77 bits per heavy atom. The van der Waals surface area contributed by atoms with E-state index < -0.39 is 32.2 Å². The maximum atomic E-state index is 12.4. The minimum Gasteiger partial charge on any atom is -0.417 e. The summed E-state index contributed by atoms with van der Waals surface area (Å²) in [6.45, 7) is 22.7. The smallest absolute Gasteiger partial charge is 0.417 e. The summed E-state index contributed by atoms with van der Waals surface area (Å²) < 4.78 is 25.4. The maximum absolute atomic E-state index is 12.4. The first-order valence-corrected chi connectivity index (χ1v) is 14.5. The minimum absolute atomic E-state index is 0.00652. The van der Waals surface area contributed by atoms with Gasteiger partial charge in [0.2, 0.25) is 0 Å². The Morgan fingerprint density at radius 3 is 2.32 bits per heavy atom. The first-order chi connectivity index (χ1) is 14.0. The van der Waals surface area contributed by atoms with E-state index in [1.807, 2.05) is 6.08 Å². The molecule has 2 fully saturated rings. The van der Waals surface area contributed by atoms with Crippen LogP contribution in [0.1, 0.15) is 68.2 Å². The molecule has 7 heteroatoms. The highest BCUT2D eigenvalue weighted by Gasteiger charge is 2.55. The number of rotatable bonds is 5. The zero-order chi connectivity index (χ0) is 23.5. The van der Waals surface area contributed by atoms with Crippen molar-refractivity contribution in [2.75, 3.05) is 13.2 Å². The van der Waals surface area contributed by atoms with Gasteiger partial charge in [0.25, 0.3) is 0 Å². The molecule has 0 radical (unpaired) electrons. The molecule has 174 valence electrons. The molecule has 0 unspecified atom stereocenters. The van der Waals surface area contributed by atoms with Gasteiger partial charge >= 0.3 is 7.12 Å². The number of hydrogen-bond donors (Lipinski definition) is 0. The third-order valence-electron chi connectivity index (χ3n) is 8.34. The maximum Gasteiger partial charge on any atom is 0.490 e. The number of fused-ring (bicyclic) bond motifs is 1. The van der Waals surface area contributed by atoms with Crippen LogP contribution in [0, 0.1) is 5.92 Å². The molecule has 0 bridgehead atoms. The van der Waals surface area contributed by atoms with Crippen LogP contribution in [0.4, 0.5) is 0 Å². The van der Waals surface area contributed by atoms with Gasteiger partial charge in [0.15, 0.2) is 14.1 Å². The van der Waals surface area contributed by atoms with Crippen molar-refractivity contribution in [3.8, 4) is 0 Å². The third kappa shape index (κ3) is 4.54. The van der Waals surface area contributed by atoms with Crippen molar-refractivity contribution in [3.05, 3.63) is 23.2 Å². The predicted molar refractivity (Wildman–Crippen MR) is 127 cm³/mol. The largest absolute Gasteiger partial charge is 0.490 e. The summed E-state index contributed by atoms with van der Waals surface area (Å²) in [6, 6.07) is 0. The second kappa shape index (κ2) is 7.94. The highest BCUT2D eigenvalue weighted by molar-refractivity contribution is 6.74. The lowest BCUT2D eigenvalue weighted by Crippen LogP contribution is -2.44. The summed E-state index contributed by atoms with van der Waals surface area (Å²) in [6.07, 6.45) is 4.87. The summed E-state index contributed by atoms with van der Waals surface area (Å²) in [5.41, 5.74) is 0.906. The SMILES string of the molecule is C/C(B1OC(C)(C)C(C)(C)O1)=C1\CO[C@@]2(CCO[Si](C)(C)C(C)(C)C)C=CC(=O)C[C@@H]12. The molecular formula is C24H41BO5Si. The molecule has 0 aromatic heterocycles. The van der Waals surface area contributed by atoms with Crippen molar-refractivity contribution in [1.29, 1.82) is 0 Å². The topological polar surface area (TPSA) is 54.0 Å². The van der Waals surface area contributed by atoms with Gasteiger partial charge in [-0.25, -0.2) is 0 Å². The zero-order valence-electron chi connectivity index (χ0n) is 21.2. The second-order valence-electron chi connectivity index (χ2n) is 12.0. The number of hydrogen-bond acceptors (Lipinski definition) is 5. The van der Waals surface area contributed by atoms with E-state index >= 15 is 0 Å². The van der Waals surface area contributed by atoms with Crippen LogP contribution < -0.4 is 0 Å². The first kappa shape index (κ1) is 24.9. The standard InChI is InChI=1S/C24H41BO5Si/c1-17(25-29-22(5,6)23(7,8)30-25)19-16-27-24(12-11-18(26)15-20(19)24)13-14-28-31(9,10)21(2,3)4/h11-12,20H,13-16H2,1-10H3/b19-17-/t20-,24+/m0/s1. The van der Waals surface area contributed by atoms with Gasteiger partial charge in [0.1, 0.15) is 0 Å². The second-order valence-corrected chi connectivity index (χ2v) is 16.8. The van der Waals surface area contributed by atoms with Crippen LogP contribution >= 0.6 is 0 Å². The van der Waals surface area contributed by atoms with Crippen LogP contribution in [0.25, 0.3) is 0 Å². The highest BCUT2D eigenvalue weighted by Crippen LogP contribution is 2.48. The first-order valence-electron chi connectivity index (χ1n) is 11.6. The molecule has 2 aliphatic heterocycles. The van der Waals surface area contributed by atoms with Crippen LogP contribution in [0.3, 0.4) is 0 Å². The van der Waals surface area contributed by atoms with E-state index in [1.54, 1.807) is 6.08 Å². The van der Waals surface area contributed by atoms with E-state index in [1.165, 1.54) is 0 Å². The molecule has 0 aromatic carbocycles. The Bertz CT molecular complexity index is 776. The molecule has 2 atom stereocenters. The Morgan fingerprint density at radius 1 is 1.19 bits per heavy atom. The number of carbonyl (C=O) groups excluding carboxylic acids is 1. The molecule has 0 spiro atoms. The van der Waals surface area contributed by atoms with E-state index in [4.69, 9.17) is 18.5 Å². The number of carbonyl (C=O) groups is 1. The molecule has 0 aromatic rings. The van der Waals surface area contributed by atoms with Crippen molar-refractivity contribution >= 4 is 21.2 Å². The van der Waals surface area contributed by atoms with E-state index in [-0.39, 0.29) is 16.7 Å². The molecule has 1 aliphatic carbocycles. The van der Waals surface area contributed by atoms with Crippen molar-refractivity contribution in [2.24, 2.45) is 5.92 Å². The Hall–Kier alpha value is -0.728. The molecular weight excluding hydrogens is 407 g/mol. The van der Waals surface area contributed by atoms with Gasteiger partial charge in [-0.3, -0.25) is 4.79 Å². The molecule has 3 aliphatic rings. The van der Waals surface area contributed by atoms with Crippen molar-refractivity contribution in [3.63, 3.8) is 0 Å². The number of ketones is 1. The Balaban J connectivity index is 1.82. The van der Waals surface area contributed by atoms with Gasteiger partial charge < -0.3 is 18.5 Å². The van der Waals surface area contributed by atoms with Gasteiger partial charge in [-0.2, -0.15) is 0 Å². The van der Waals surface area contributed by atoms with Crippen LogP contribution in [0.2, 0.25) is 18.1 Å². The van der Waals surface area contributed by atoms with Gasteiger partial charge in [-0.05, 0) is 75.9 Å². The fourth-order valence-electron chi connectivity index (χ4n) is 4.24. The van der Waals surface area contributed by atoms with Gasteiger partial charge in [0, 0.05) is 25.4 Å². The molecule has 2 saturated heterocycles. The Kier molecular flexibility index (Phi) is 6.38. The van der Waals surface area contributed by atoms with Crippen LogP contribution in [0.5, 0.6) is 0 Å². The average Bonchev–Trinajstić information content (AvgIpc) is 3.07. The summed E-state index contributed by atoms with van der Waals surface area (Å²) in [5.74, 6) is 0.155. The van der Waals surface area contributed by atoms with Crippen molar-refractivity contribution < 1.29 is 23.3 Å². The normalized spacial score (nSPS) is 31.9. The summed E-state index contributed by atoms with van der Waals surface area (Å²) in [5, 5.41) is 0.164. The van der Waals surface area contributed by atoms with E-state index in [9.17, 15) is 4.79 Å². The highest BCUT2D eigenvalue weighted by atomic mass is 28.4. The number of ether oxygens (including phenoxy) is 1. The molecule has 0 amide bonds. The molecule has 0 saturated carbocycles. The summed E-state index contributed by atoms with van der Waals surface area (Å²) >= 11 is 0. The quantitative estimate of drug-likeness (QED) is 0.537. The Labute approximate surface area is 190 Å². The monoisotopic (exact) mass is 448 g/mol. The van der Waals surface area contributed by atoms with E-state index in [2.05, 4.69) is 68.5 Å². The molecule has 31 heavy (non-hydrogen) atoms. The van der Waals surface area contributed by atoms with Gasteiger partial charge in [0.05, 0.1) is 23.4 Å². The van der Waals surface area contributed by atoms with Gasteiger partial charge in [-0.1, -0.05) is 20.8 Å². The molecule has 5 nitrogen and oxygen atoms in total. The third-order valence-corrected chi connectivity index (χ3v) is 12.9. The lowest BCUT2D eigenvalue weighted by molar-refractivity contribution is -0.117. The fourth-order valence-corrected chi connectivity index (χ4v) is 5.29. The van der Waals surface area contributed by atoms with Crippen molar-refractivity contribution in [1.82, 2.24) is 0 Å². The van der Waals surface area contributed by atoms with Crippen LogP contribution in [-0.2, 0) is 23.3 Å². The predicted octanol–water partition coefficient (Wildman–Crippen LogP) is 5.26. The summed E-state index contributed by atoms with van der Waals surface area (Å²) in [7, 11) is -2.25. The lowest BCUT2D eigenvalue weighted by atomic mass is 9.68. The average molecular weight is 448 g/mol. The van der Waals surface area contributed by atoms with E-state index in [0.717, 1.165) is 17.5 Å². The fraction of sp³-hybridized carbons (Fsp3) is 0.792. The van der Waals surface area contributed by atoms with Crippen LogP contribution in [0.15, 0.2) is 23.2 Å². The molecule has 3 rings (SSSR count). The van der Waals surface area contributed by atoms with Crippen molar-refractivity contribution in [2.45, 2.75) is 103 Å². The van der Waals surface area contributed by atoms with Crippen LogP contribution in [-0.4, -0.2) is 51.2 Å². The lowest BCUT2D eigenvalue weighted by Gasteiger charge is -2.39. The molecule has 0 N–H and O–H groups in total. The minimum atomic E-state index is -1.84. The molecule has 2 heterocycles. The zero-order valence-corrected chi connectivity index (χ0v) is 22.2. The number of allylic oxidation sites excluding steroid dienone is 2.